The molecule has 0 atom stereocenters. The number of fused-ring (bicyclic) bond motifs is 1. The van der Waals surface area contributed by atoms with E-state index in [-0.39, 0.29) is 0 Å². The maximum Gasteiger partial charge on any atom is 0.229 e. The van der Waals surface area contributed by atoms with Gasteiger partial charge in [-0.3, -0.25) is 4.57 Å². The van der Waals surface area contributed by atoms with Crippen LogP contribution in [0, 0.1) is 0 Å². The molecular weight excluding hydrogens is 266 g/mol. The molecule has 3 aromatic rings. The van der Waals surface area contributed by atoms with Crippen LogP contribution in [0.5, 0.6) is 0 Å². The lowest BCUT2D eigenvalue weighted by Gasteiger charge is -2.07. The van der Waals surface area contributed by atoms with Crippen LogP contribution in [0.2, 0.25) is 5.28 Å². The number of rotatable bonds is 2. The quantitative estimate of drug-likeness (QED) is 0.707. The highest BCUT2D eigenvalue weighted by Gasteiger charge is 2.30. The summed E-state index contributed by atoms with van der Waals surface area (Å²) in [5.74, 6) is 1.53. The second-order valence-electron chi connectivity index (χ2n) is 4.58. The van der Waals surface area contributed by atoms with Gasteiger partial charge in [-0.05, 0) is 59.5 Å². The molecule has 90 valence electrons. The van der Waals surface area contributed by atoms with Crippen molar-refractivity contribution in [2.45, 2.75) is 18.8 Å². The van der Waals surface area contributed by atoms with Crippen molar-refractivity contribution in [3.05, 3.63) is 40.8 Å². The molecule has 1 fully saturated rings. The van der Waals surface area contributed by atoms with E-state index >= 15 is 0 Å². The Morgan fingerprint density at radius 1 is 1.22 bits per heavy atom. The molecule has 1 aliphatic carbocycles. The predicted molar refractivity (Wildman–Crippen MR) is 73.7 cm³/mol. The summed E-state index contributed by atoms with van der Waals surface area (Å²) in [6.45, 7) is 0. The number of thiophene rings is 1. The van der Waals surface area contributed by atoms with E-state index in [9.17, 15) is 0 Å². The van der Waals surface area contributed by atoms with E-state index < -0.39 is 0 Å². The third-order valence-corrected chi connectivity index (χ3v) is 4.43. The summed E-state index contributed by atoms with van der Waals surface area (Å²) in [6.07, 6.45) is 2.38. The Morgan fingerprint density at radius 3 is 2.94 bits per heavy atom. The zero-order valence-corrected chi connectivity index (χ0v) is 11.1. The van der Waals surface area contributed by atoms with Gasteiger partial charge in [0, 0.05) is 10.6 Å². The lowest BCUT2D eigenvalue weighted by Crippen LogP contribution is -1.99. The predicted octanol–water partition coefficient (Wildman–Crippen LogP) is 4.01. The molecular formula is C13H10ClN3S. The molecule has 5 heteroatoms. The molecule has 0 bridgehead atoms. The van der Waals surface area contributed by atoms with Crippen LogP contribution in [-0.2, 0) is 0 Å². The molecule has 1 aliphatic rings. The van der Waals surface area contributed by atoms with Crippen molar-refractivity contribution in [2.75, 3.05) is 0 Å². The van der Waals surface area contributed by atoms with E-state index in [1.54, 1.807) is 11.3 Å². The summed E-state index contributed by atoms with van der Waals surface area (Å²) in [5, 5.41) is 12.0. The lowest BCUT2D eigenvalue weighted by molar-refractivity contribution is 0.872. The fraction of sp³-hybridized carbons (Fsp3) is 0.231. The first-order valence-electron chi connectivity index (χ1n) is 5.91. The van der Waals surface area contributed by atoms with Gasteiger partial charge in [0.25, 0.3) is 0 Å². The Hall–Kier alpha value is -1.39. The fourth-order valence-corrected chi connectivity index (χ4v) is 3.21. The summed E-state index contributed by atoms with van der Waals surface area (Å²) in [7, 11) is 0. The number of halogens is 1. The monoisotopic (exact) mass is 275 g/mol. The summed E-state index contributed by atoms with van der Waals surface area (Å²) in [5.41, 5.74) is 1.05. The fourth-order valence-electron chi connectivity index (χ4n) is 2.21. The number of benzene rings is 1. The zero-order chi connectivity index (χ0) is 12.1. The molecule has 0 unspecified atom stereocenters. The van der Waals surface area contributed by atoms with Crippen molar-refractivity contribution >= 4 is 33.0 Å². The van der Waals surface area contributed by atoms with Gasteiger partial charge >= 0.3 is 0 Å². The van der Waals surface area contributed by atoms with E-state index in [2.05, 4.69) is 39.8 Å². The average molecular weight is 276 g/mol. The van der Waals surface area contributed by atoms with E-state index in [0.29, 0.717) is 11.2 Å². The van der Waals surface area contributed by atoms with Crippen molar-refractivity contribution < 1.29 is 0 Å². The molecule has 0 saturated heterocycles. The zero-order valence-electron chi connectivity index (χ0n) is 9.51. The van der Waals surface area contributed by atoms with Gasteiger partial charge in [0.05, 0.1) is 5.69 Å². The molecule has 0 amide bonds. The van der Waals surface area contributed by atoms with E-state index in [1.807, 2.05) is 4.57 Å². The Balaban J connectivity index is 1.92. The highest BCUT2D eigenvalue weighted by atomic mass is 35.5. The van der Waals surface area contributed by atoms with E-state index in [0.717, 1.165) is 11.5 Å². The third-order valence-electron chi connectivity index (χ3n) is 3.29. The van der Waals surface area contributed by atoms with Crippen molar-refractivity contribution in [3.63, 3.8) is 0 Å². The molecule has 1 aromatic carbocycles. The number of hydrogen-bond acceptors (Lipinski definition) is 3. The molecule has 0 spiro atoms. The van der Waals surface area contributed by atoms with Crippen LogP contribution < -0.4 is 0 Å². The molecule has 2 heterocycles. The molecule has 2 aromatic heterocycles. The van der Waals surface area contributed by atoms with Crippen molar-refractivity contribution in [3.8, 4) is 5.69 Å². The number of hydrogen-bond donors (Lipinski definition) is 0. The van der Waals surface area contributed by atoms with Gasteiger partial charge in [0.15, 0.2) is 0 Å². The summed E-state index contributed by atoms with van der Waals surface area (Å²) >= 11 is 7.92. The number of aromatic nitrogens is 3. The summed E-state index contributed by atoms with van der Waals surface area (Å²) < 4.78 is 3.26. The highest BCUT2D eigenvalue weighted by Crippen LogP contribution is 2.40. The average Bonchev–Trinajstić information content (AvgIpc) is 2.99. The smallest absolute Gasteiger partial charge is 0.229 e. The van der Waals surface area contributed by atoms with Gasteiger partial charge in [-0.25, -0.2) is 0 Å². The molecule has 0 radical (unpaired) electrons. The van der Waals surface area contributed by atoms with Crippen LogP contribution in [-0.4, -0.2) is 14.8 Å². The molecule has 18 heavy (non-hydrogen) atoms. The number of nitrogens with zero attached hydrogens (tertiary/aromatic N) is 3. The second-order valence-corrected chi connectivity index (χ2v) is 5.87. The molecule has 1 saturated carbocycles. The van der Waals surface area contributed by atoms with Crippen LogP contribution in [0.3, 0.4) is 0 Å². The Labute approximate surface area is 113 Å². The maximum atomic E-state index is 6.17. The Morgan fingerprint density at radius 2 is 2.11 bits per heavy atom. The van der Waals surface area contributed by atoms with Crippen LogP contribution in [0.25, 0.3) is 15.8 Å². The molecule has 0 N–H and O–H groups in total. The SMILES string of the molecule is Clc1nnc(C2CC2)n1-c1ccc2sccc2c1. The summed E-state index contributed by atoms with van der Waals surface area (Å²) in [6, 6.07) is 8.48. The van der Waals surface area contributed by atoms with Gasteiger partial charge in [-0.1, -0.05) is 0 Å². The van der Waals surface area contributed by atoms with Crippen LogP contribution >= 0.6 is 22.9 Å². The Bertz CT molecular complexity index is 727. The van der Waals surface area contributed by atoms with Crippen molar-refractivity contribution in [1.82, 2.24) is 14.8 Å². The first-order valence-corrected chi connectivity index (χ1v) is 7.17. The van der Waals surface area contributed by atoms with Crippen molar-refractivity contribution in [2.24, 2.45) is 0 Å². The minimum Gasteiger partial charge on any atom is -0.270 e. The van der Waals surface area contributed by atoms with Gasteiger partial charge in [-0.2, -0.15) is 0 Å². The van der Waals surface area contributed by atoms with Gasteiger partial charge in [0.2, 0.25) is 5.28 Å². The standard InChI is InChI=1S/C13H10ClN3S/c14-13-16-15-12(8-1-2-8)17(13)10-3-4-11-9(7-10)5-6-18-11/h3-8H,1-2H2. The minimum atomic E-state index is 0.450. The minimum absolute atomic E-state index is 0.450. The van der Waals surface area contributed by atoms with Crippen LogP contribution in [0.4, 0.5) is 0 Å². The molecule has 0 aliphatic heterocycles. The van der Waals surface area contributed by atoms with Gasteiger partial charge in [-0.15, -0.1) is 21.5 Å². The first-order chi connectivity index (χ1) is 8.83. The topological polar surface area (TPSA) is 30.7 Å². The van der Waals surface area contributed by atoms with E-state index in [1.165, 1.54) is 22.9 Å². The lowest BCUT2D eigenvalue weighted by atomic mass is 10.2. The van der Waals surface area contributed by atoms with E-state index in [4.69, 9.17) is 11.6 Å². The normalized spacial score (nSPS) is 15.4. The van der Waals surface area contributed by atoms with Crippen molar-refractivity contribution in [1.29, 1.82) is 0 Å². The molecule has 4 rings (SSSR count). The van der Waals surface area contributed by atoms with Crippen LogP contribution in [0.1, 0.15) is 24.6 Å². The largest absolute Gasteiger partial charge is 0.270 e. The Kier molecular flexibility index (Phi) is 2.22. The van der Waals surface area contributed by atoms with Gasteiger partial charge < -0.3 is 0 Å². The van der Waals surface area contributed by atoms with Crippen LogP contribution in [0.15, 0.2) is 29.6 Å². The third kappa shape index (κ3) is 1.56. The molecule has 3 nitrogen and oxygen atoms in total. The summed E-state index contributed by atoms with van der Waals surface area (Å²) in [4.78, 5) is 0. The first kappa shape index (κ1) is 10.5. The second kappa shape index (κ2) is 3.80. The highest BCUT2D eigenvalue weighted by molar-refractivity contribution is 7.17. The maximum absolute atomic E-state index is 6.17. The van der Waals surface area contributed by atoms with Gasteiger partial charge in [0.1, 0.15) is 5.82 Å².